The minimum atomic E-state index is -1.31. The first-order valence-corrected chi connectivity index (χ1v) is 12.7. The summed E-state index contributed by atoms with van der Waals surface area (Å²) in [7, 11) is 0. The van der Waals surface area contributed by atoms with E-state index < -0.39 is 47.9 Å². The molecule has 0 fully saturated rings. The van der Waals surface area contributed by atoms with Gasteiger partial charge in [0.1, 0.15) is 17.7 Å². The molecule has 0 aliphatic heterocycles. The van der Waals surface area contributed by atoms with Gasteiger partial charge < -0.3 is 26.0 Å². The van der Waals surface area contributed by atoms with E-state index in [1.165, 1.54) is 4.90 Å². The van der Waals surface area contributed by atoms with Gasteiger partial charge in [-0.2, -0.15) is 0 Å². The Labute approximate surface area is 225 Å². The zero-order valence-electron chi connectivity index (χ0n) is 23.4. The molecule has 9 nitrogen and oxygen atoms in total. The highest BCUT2D eigenvalue weighted by Crippen LogP contribution is 2.27. The van der Waals surface area contributed by atoms with E-state index in [9.17, 15) is 19.2 Å². The highest BCUT2D eigenvalue weighted by molar-refractivity contribution is 6.00. The summed E-state index contributed by atoms with van der Waals surface area (Å²) in [6.45, 7) is 12.8. The number of nitrogens with one attached hydrogen (secondary N) is 2. The summed E-state index contributed by atoms with van der Waals surface area (Å²) in [6, 6.07) is 10.7. The number of nitrogens with zero attached hydrogens (tertiary/aromatic N) is 1. The van der Waals surface area contributed by atoms with Crippen LogP contribution in [0.15, 0.2) is 42.5 Å². The van der Waals surface area contributed by atoms with E-state index in [4.69, 9.17) is 10.5 Å². The second-order valence-corrected chi connectivity index (χ2v) is 10.5. The van der Waals surface area contributed by atoms with Crippen molar-refractivity contribution in [3.63, 3.8) is 0 Å². The summed E-state index contributed by atoms with van der Waals surface area (Å²) in [5, 5.41) is 5.44. The Bertz CT molecular complexity index is 1150. The average molecular weight is 525 g/mol. The van der Waals surface area contributed by atoms with Crippen LogP contribution in [0.5, 0.6) is 0 Å². The lowest BCUT2D eigenvalue weighted by molar-refractivity contribution is -0.141. The second kappa shape index (κ2) is 13.1. The molecule has 2 aromatic carbocycles. The van der Waals surface area contributed by atoms with Crippen molar-refractivity contribution >= 4 is 29.5 Å². The first kappa shape index (κ1) is 30.3. The summed E-state index contributed by atoms with van der Waals surface area (Å²) in [4.78, 5) is 53.6. The Kier molecular flexibility index (Phi) is 10.4. The number of benzene rings is 2. The lowest BCUT2D eigenvalue weighted by Crippen LogP contribution is -2.53. The molecule has 0 saturated heterocycles. The lowest BCUT2D eigenvalue weighted by atomic mass is 9.97. The molecule has 2 aromatic rings. The number of nitrogens with two attached hydrogens (primary N) is 1. The van der Waals surface area contributed by atoms with Gasteiger partial charge in [0.15, 0.2) is 0 Å². The molecule has 0 radical (unpaired) electrons. The van der Waals surface area contributed by atoms with E-state index >= 15 is 0 Å². The number of ether oxygens (including phenoxy) is 1. The van der Waals surface area contributed by atoms with Crippen molar-refractivity contribution < 1.29 is 23.9 Å². The molecule has 0 aliphatic carbocycles. The van der Waals surface area contributed by atoms with Crippen LogP contribution in [0.2, 0.25) is 0 Å². The first-order chi connectivity index (χ1) is 17.7. The zero-order valence-corrected chi connectivity index (χ0v) is 23.4. The maximum atomic E-state index is 13.9. The molecule has 0 aliphatic rings. The van der Waals surface area contributed by atoms with Crippen LogP contribution < -0.4 is 16.4 Å². The minimum absolute atomic E-state index is 0.197. The summed E-state index contributed by atoms with van der Waals surface area (Å²) < 4.78 is 5.30. The Morgan fingerprint density at radius 1 is 1.00 bits per heavy atom. The minimum Gasteiger partial charge on any atom is -0.444 e. The van der Waals surface area contributed by atoms with Crippen molar-refractivity contribution in [3.05, 3.63) is 64.7 Å². The maximum absolute atomic E-state index is 13.9. The molecule has 4 amide bonds. The molecule has 0 spiro atoms. The first-order valence-electron chi connectivity index (χ1n) is 12.7. The molecule has 0 aromatic heterocycles. The Morgan fingerprint density at radius 3 is 2.13 bits per heavy atom. The van der Waals surface area contributed by atoms with Crippen molar-refractivity contribution in [2.45, 2.75) is 79.0 Å². The number of primary amides is 1. The molecule has 2 rings (SSSR count). The molecule has 0 bridgehead atoms. The summed E-state index contributed by atoms with van der Waals surface area (Å²) in [5.74, 6) is -1.80. The van der Waals surface area contributed by atoms with Gasteiger partial charge >= 0.3 is 6.09 Å². The Morgan fingerprint density at radius 2 is 1.61 bits per heavy atom. The molecule has 2 atom stereocenters. The smallest absolute Gasteiger partial charge is 0.408 e. The van der Waals surface area contributed by atoms with E-state index in [2.05, 4.69) is 10.6 Å². The van der Waals surface area contributed by atoms with E-state index in [0.29, 0.717) is 17.7 Å². The number of hydrogen-bond donors (Lipinski definition) is 3. The van der Waals surface area contributed by atoms with Crippen molar-refractivity contribution in [1.82, 2.24) is 10.2 Å². The number of hydrogen-bond acceptors (Lipinski definition) is 5. The standard InChI is InChI=1S/C29H40N4O5/c1-8-13-33(27(36)23(17-24(30)34)32-28(37)38-29(5,6)7)25(21-15-18(2)14-19(3)16-21)26(35)31-22-12-10-9-11-20(22)4/h9-12,14-16,23,25H,8,13,17H2,1-7H3,(H2,30,34)(H,31,35)(H,32,37). The molecule has 4 N–H and O–H groups in total. The van der Waals surface area contributed by atoms with Crippen LogP contribution in [0.4, 0.5) is 10.5 Å². The van der Waals surface area contributed by atoms with Crippen LogP contribution >= 0.6 is 0 Å². The van der Waals surface area contributed by atoms with Crippen molar-refractivity contribution in [2.24, 2.45) is 5.73 Å². The Hall–Kier alpha value is -3.88. The van der Waals surface area contributed by atoms with Gasteiger partial charge in [0.05, 0.1) is 6.42 Å². The molecule has 2 unspecified atom stereocenters. The van der Waals surface area contributed by atoms with E-state index in [0.717, 1.165) is 16.7 Å². The fourth-order valence-corrected chi connectivity index (χ4v) is 4.21. The third kappa shape index (κ3) is 8.90. The number of rotatable bonds is 10. The van der Waals surface area contributed by atoms with E-state index in [1.54, 1.807) is 26.8 Å². The summed E-state index contributed by atoms with van der Waals surface area (Å²) in [6.07, 6.45) is -0.779. The van der Waals surface area contributed by atoms with Gasteiger partial charge in [0, 0.05) is 12.2 Å². The predicted molar refractivity (Wildman–Crippen MR) is 147 cm³/mol. The topological polar surface area (TPSA) is 131 Å². The van der Waals surface area contributed by atoms with Gasteiger partial charge in [0.2, 0.25) is 11.8 Å². The van der Waals surface area contributed by atoms with Crippen LogP contribution in [0, 0.1) is 20.8 Å². The molecule has 0 saturated carbocycles. The zero-order chi connectivity index (χ0) is 28.6. The normalized spacial score (nSPS) is 12.7. The summed E-state index contributed by atoms with van der Waals surface area (Å²) in [5.41, 5.74) is 8.58. The number of amides is 4. The third-order valence-corrected chi connectivity index (χ3v) is 5.66. The van der Waals surface area contributed by atoms with Gasteiger partial charge in [-0.05, 0) is 65.2 Å². The fourth-order valence-electron chi connectivity index (χ4n) is 4.21. The number of aryl methyl sites for hydroxylation is 3. The molecule has 0 heterocycles. The van der Waals surface area contributed by atoms with Crippen molar-refractivity contribution in [1.29, 1.82) is 0 Å². The van der Waals surface area contributed by atoms with Gasteiger partial charge in [-0.15, -0.1) is 0 Å². The molecular weight excluding hydrogens is 484 g/mol. The molecule has 9 heteroatoms. The number of alkyl carbamates (subject to hydrolysis) is 1. The van der Waals surface area contributed by atoms with Crippen molar-refractivity contribution in [3.8, 4) is 0 Å². The van der Waals surface area contributed by atoms with Gasteiger partial charge in [-0.1, -0.05) is 54.4 Å². The monoisotopic (exact) mass is 524 g/mol. The van der Waals surface area contributed by atoms with Crippen LogP contribution in [-0.2, 0) is 19.1 Å². The summed E-state index contributed by atoms with van der Waals surface area (Å²) >= 11 is 0. The van der Waals surface area contributed by atoms with Crippen LogP contribution in [0.1, 0.15) is 68.8 Å². The SMILES string of the molecule is CCCN(C(=O)C(CC(N)=O)NC(=O)OC(C)(C)C)C(C(=O)Nc1ccccc1C)c1cc(C)cc(C)c1. The average Bonchev–Trinajstić information content (AvgIpc) is 2.77. The highest BCUT2D eigenvalue weighted by atomic mass is 16.6. The number of anilines is 1. The fraction of sp³-hybridized carbons (Fsp3) is 0.448. The van der Waals surface area contributed by atoms with Crippen LogP contribution in [0.25, 0.3) is 0 Å². The molecule has 38 heavy (non-hydrogen) atoms. The Balaban J connectivity index is 2.56. The predicted octanol–water partition coefficient (Wildman–Crippen LogP) is 4.30. The quantitative estimate of drug-likeness (QED) is 0.427. The van der Waals surface area contributed by atoms with E-state index in [-0.39, 0.29) is 6.54 Å². The van der Waals surface area contributed by atoms with E-state index in [1.807, 2.05) is 64.1 Å². The molecule has 206 valence electrons. The number of carbonyl (C=O) groups excluding carboxylic acids is 4. The van der Waals surface area contributed by atoms with Gasteiger partial charge in [-0.3, -0.25) is 14.4 Å². The molecular formula is C29H40N4O5. The maximum Gasteiger partial charge on any atom is 0.408 e. The van der Waals surface area contributed by atoms with Crippen LogP contribution in [0.3, 0.4) is 0 Å². The lowest BCUT2D eigenvalue weighted by Gasteiger charge is -2.34. The third-order valence-electron chi connectivity index (χ3n) is 5.66. The highest BCUT2D eigenvalue weighted by Gasteiger charge is 2.37. The van der Waals surface area contributed by atoms with Gasteiger partial charge in [-0.25, -0.2) is 4.79 Å². The number of carbonyl (C=O) groups is 4. The van der Waals surface area contributed by atoms with Crippen molar-refractivity contribution in [2.75, 3.05) is 11.9 Å². The largest absolute Gasteiger partial charge is 0.444 e. The van der Waals surface area contributed by atoms with Crippen LogP contribution in [-0.4, -0.2) is 46.9 Å². The number of para-hydroxylation sites is 1. The second-order valence-electron chi connectivity index (χ2n) is 10.5. The van der Waals surface area contributed by atoms with Gasteiger partial charge in [0.25, 0.3) is 5.91 Å².